The SMILES string of the molecule is Cc1cc(-c2ccc(CC(N)=Nc3ccc(-c4ccccc4)cc3)cc2)ccn1. The summed E-state index contributed by atoms with van der Waals surface area (Å²) in [5.41, 5.74) is 13.9. The van der Waals surface area contributed by atoms with Gasteiger partial charge in [-0.15, -0.1) is 0 Å². The molecule has 3 aromatic carbocycles. The Balaban J connectivity index is 1.45. The number of pyridine rings is 1. The Morgan fingerprint density at radius 1 is 0.759 bits per heavy atom. The van der Waals surface area contributed by atoms with Crippen molar-refractivity contribution in [2.24, 2.45) is 10.7 Å². The van der Waals surface area contributed by atoms with Crippen molar-refractivity contribution in [3.8, 4) is 22.3 Å². The van der Waals surface area contributed by atoms with Crippen LogP contribution in [-0.4, -0.2) is 10.8 Å². The zero-order valence-electron chi connectivity index (χ0n) is 16.4. The smallest absolute Gasteiger partial charge is 0.104 e. The molecule has 0 aliphatic heterocycles. The predicted molar refractivity (Wildman–Crippen MR) is 121 cm³/mol. The molecule has 0 aliphatic carbocycles. The van der Waals surface area contributed by atoms with Crippen LogP contribution in [0.15, 0.2) is 102 Å². The van der Waals surface area contributed by atoms with E-state index in [1.807, 2.05) is 49.5 Å². The third-order valence-electron chi connectivity index (χ3n) is 4.82. The Kier molecular flexibility index (Phi) is 5.48. The van der Waals surface area contributed by atoms with E-state index < -0.39 is 0 Å². The van der Waals surface area contributed by atoms with Crippen LogP contribution >= 0.6 is 0 Å². The molecule has 0 atom stereocenters. The van der Waals surface area contributed by atoms with Crippen LogP contribution in [0.4, 0.5) is 5.69 Å². The van der Waals surface area contributed by atoms with Gasteiger partial charge in [-0.25, -0.2) is 4.99 Å². The van der Waals surface area contributed by atoms with Crippen molar-refractivity contribution in [2.75, 3.05) is 0 Å². The van der Waals surface area contributed by atoms with Crippen molar-refractivity contribution in [3.05, 3.63) is 108 Å². The van der Waals surface area contributed by atoms with Gasteiger partial charge in [0.1, 0.15) is 5.84 Å². The molecule has 0 spiro atoms. The first kappa shape index (κ1) is 18.6. The fourth-order valence-electron chi connectivity index (χ4n) is 3.31. The van der Waals surface area contributed by atoms with Gasteiger partial charge in [0.2, 0.25) is 0 Å². The van der Waals surface area contributed by atoms with Crippen molar-refractivity contribution in [2.45, 2.75) is 13.3 Å². The molecular formula is C26H23N3. The molecule has 142 valence electrons. The lowest BCUT2D eigenvalue weighted by Crippen LogP contribution is -2.14. The Morgan fingerprint density at radius 2 is 1.38 bits per heavy atom. The van der Waals surface area contributed by atoms with Gasteiger partial charge >= 0.3 is 0 Å². The number of hydrogen-bond donors (Lipinski definition) is 1. The summed E-state index contributed by atoms with van der Waals surface area (Å²) in [5, 5.41) is 0. The van der Waals surface area contributed by atoms with Crippen LogP contribution in [0, 0.1) is 6.92 Å². The third kappa shape index (κ3) is 4.77. The fraction of sp³-hybridized carbons (Fsp3) is 0.0769. The first-order valence-electron chi connectivity index (χ1n) is 9.68. The van der Waals surface area contributed by atoms with E-state index in [9.17, 15) is 0 Å². The van der Waals surface area contributed by atoms with E-state index in [0.717, 1.165) is 16.9 Å². The second-order valence-corrected chi connectivity index (χ2v) is 7.08. The van der Waals surface area contributed by atoms with Crippen molar-refractivity contribution in [1.82, 2.24) is 4.98 Å². The molecule has 0 saturated heterocycles. The van der Waals surface area contributed by atoms with Gasteiger partial charge in [0.25, 0.3) is 0 Å². The molecule has 4 rings (SSSR count). The van der Waals surface area contributed by atoms with E-state index in [-0.39, 0.29) is 0 Å². The molecule has 4 aromatic rings. The van der Waals surface area contributed by atoms with Gasteiger partial charge in [0.05, 0.1) is 5.69 Å². The number of benzene rings is 3. The number of amidine groups is 1. The van der Waals surface area contributed by atoms with Crippen LogP contribution in [0.1, 0.15) is 11.3 Å². The first-order chi connectivity index (χ1) is 14.2. The van der Waals surface area contributed by atoms with Crippen molar-refractivity contribution < 1.29 is 0 Å². The average molecular weight is 377 g/mol. The standard InChI is InChI=1S/C26H23N3/c1-19-17-24(15-16-28-19)23-9-7-20(8-10-23)18-26(27)29-25-13-11-22(12-14-25)21-5-3-2-4-6-21/h2-17H,18H2,1H3,(H2,27,29). The Hall–Kier alpha value is -3.72. The number of hydrogen-bond acceptors (Lipinski definition) is 2. The van der Waals surface area contributed by atoms with Crippen molar-refractivity contribution in [1.29, 1.82) is 0 Å². The topological polar surface area (TPSA) is 51.3 Å². The van der Waals surface area contributed by atoms with Crippen LogP contribution in [0.2, 0.25) is 0 Å². The lowest BCUT2D eigenvalue weighted by molar-refractivity contribution is 1.20. The van der Waals surface area contributed by atoms with Gasteiger partial charge in [-0.2, -0.15) is 0 Å². The summed E-state index contributed by atoms with van der Waals surface area (Å²) in [6.45, 7) is 2.00. The molecule has 1 aromatic heterocycles. The van der Waals surface area contributed by atoms with Crippen LogP contribution in [0.3, 0.4) is 0 Å². The van der Waals surface area contributed by atoms with Gasteiger partial charge < -0.3 is 5.73 Å². The molecule has 0 saturated carbocycles. The zero-order valence-corrected chi connectivity index (χ0v) is 16.4. The molecule has 0 unspecified atom stereocenters. The van der Waals surface area contributed by atoms with E-state index in [1.54, 1.807) is 0 Å². The molecular weight excluding hydrogens is 354 g/mol. The molecule has 3 nitrogen and oxygen atoms in total. The molecule has 0 amide bonds. The molecule has 2 N–H and O–H groups in total. The summed E-state index contributed by atoms with van der Waals surface area (Å²) in [6, 6.07) is 31.0. The minimum atomic E-state index is 0.602. The second kappa shape index (κ2) is 8.53. The predicted octanol–water partition coefficient (Wildman–Crippen LogP) is 5.96. The number of aliphatic imine (C=N–C) groups is 1. The highest BCUT2D eigenvalue weighted by Gasteiger charge is 2.02. The number of rotatable bonds is 5. The van der Waals surface area contributed by atoms with Gasteiger partial charge in [-0.3, -0.25) is 4.98 Å². The summed E-state index contributed by atoms with van der Waals surface area (Å²) < 4.78 is 0. The van der Waals surface area contributed by atoms with E-state index >= 15 is 0 Å². The lowest BCUT2D eigenvalue weighted by atomic mass is 10.0. The molecule has 1 heterocycles. The fourth-order valence-corrected chi connectivity index (χ4v) is 3.31. The Morgan fingerprint density at radius 3 is 2.07 bits per heavy atom. The summed E-state index contributed by atoms with van der Waals surface area (Å²) in [6.07, 6.45) is 2.46. The Bertz CT molecular complexity index is 1110. The summed E-state index contributed by atoms with van der Waals surface area (Å²) in [7, 11) is 0. The van der Waals surface area contributed by atoms with Crippen LogP contribution in [0.25, 0.3) is 22.3 Å². The van der Waals surface area contributed by atoms with Crippen molar-refractivity contribution in [3.63, 3.8) is 0 Å². The normalized spacial score (nSPS) is 11.4. The molecule has 29 heavy (non-hydrogen) atoms. The first-order valence-corrected chi connectivity index (χ1v) is 9.68. The van der Waals surface area contributed by atoms with Gasteiger partial charge in [-0.1, -0.05) is 66.7 Å². The van der Waals surface area contributed by atoms with E-state index in [0.29, 0.717) is 12.3 Å². The monoisotopic (exact) mass is 377 g/mol. The van der Waals surface area contributed by atoms with Gasteiger partial charge in [0, 0.05) is 18.3 Å². The Labute approximate surface area is 171 Å². The third-order valence-corrected chi connectivity index (χ3v) is 4.82. The number of aryl methyl sites for hydroxylation is 1. The lowest BCUT2D eigenvalue weighted by Gasteiger charge is -2.06. The molecule has 0 radical (unpaired) electrons. The maximum Gasteiger partial charge on any atom is 0.104 e. The van der Waals surface area contributed by atoms with Gasteiger partial charge in [0.15, 0.2) is 0 Å². The van der Waals surface area contributed by atoms with Crippen LogP contribution in [-0.2, 0) is 6.42 Å². The minimum absolute atomic E-state index is 0.602. The number of nitrogens with two attached hydrogens (primary N) is 1. The van der Waals surface area contributed by atoms with E-state index in [1.165, 1.54) is 22.3 Å². The average Bonchev–Trinajstić information content (AvgIpc) is 2.75. The molecule has 0 fully saturated rings. The quantitative estimate of drug-likeness (QED) is 0.345. The number of aromatic nitrogens is 1. The maximum atomic E-state index is 6.20. The highest BCUT2D eigenvalue weighted by atomic mass is 14.9. The largest absolute Gasteiger partial charge is 0.387 e. The zero-order chi connectivity index (χ0) is 20.1. The van der Waals surface area contributed by atoms with Crippen LogP contribution < -0.4 is 5.73 Å². The van der Waals surface area contributed by atoms with Crippen LogP contribution in [0.5, 0.6) is 0 Å². The highest BCUT2D eigenvalue weighted by molar-refractivity contribution is 5.85. The van der Waals surface area contributed by atoms with E-state index in [2.05, 4.69) is 64.6 Å². The highest BCUT2D eigenvalue weighted by Crippen LogP contribution is 2.23. The minimum Gasteiger partial charge on any atom is -0.387 e. The number of nitrogens with zero attached hydrogens (tertiary/aromatic N) is 2. The maximum absolute atomic E-state index is 6.20. The van der Waals surface area contributed by atoms with Crippen molar-refractivity contribution >= 4 is 11.5 Å². The van der Waals surface area contributed by atoms with E-state index in [4.69, 9.17) is 5.73 Å². The summed E-state index contributed by atoms with van der Waals surface area (Å²) in [5.74, 6) is 0.602. The molecule has 3 heteroatoms. The van der Waals surface area contributed by atoms with Gasteiger partial charge in [-0.05, 0) is 59.0 Å². The molecule has 0 bridgehead atoms. The molecule has 0 aliphatic rings. The summed E-state index contributed by atoms with van der Waals surface area (Å²) >= 11 is 0. The second-order valence-electron chi connectivity index (χ2n) is 7.08. The summed E-state index contributed by atoms with van der Waals surface area (Å²) in [4.78, 5) is 8.82.